The lowest BCUT2D eigenvalue weighted by molar-refractivity contribution is -0.200. The molecule has 0 saturated carbocycles. The first-order chi connectivity index (χ1) is 13.7. The van der Waals surface area contributed by atoms with Crippen LogP contribution in [0.4, 0.5) is 18.0 Å². The highest BCUT2D eigenvalue weighted by atomic mass is 19.4. The van der Waals surface area contributed by atoms with Crippen LogP contribution in [0.5, 0.6) is 5.75 Å². The predicted octanol–water partition coefficient (Wildman–Crippen LogP) is 2.44. The Hall–Kier alpha value is -3.56. The molecule has 2 N–H and O–H groups in total. The van der Waals surface area contributed by atoms with E-state index in [2.05, 4.69) is 0 Å². The molecule has 3 rings (SSSR count). The van der Waals surface area contributed by atoms with Gasteiger partial charge in [-0.3, -0.25) is 19.8 Å². The van der Waals surface area contributed by atoms with Gasteiger partial charge in [0.15, 0.2) is 0 Å². The first-order valence-electron chi connectivity index (χ1n) is 8.39. The Morgan fingerprint density at radius 3 is 2.45 bits per heavy atom. The molecule has 1 heterocycles. The second-order valence-electron chi connectivity index (χ2n) is 6.24. The third kappa shape index (κ3) is 3.73. The Labute approximate surface area is 163 Å². The molecule has 1 saturated heterocycles. The van der Waals surface area contributed by atoms with Gasteiger partial charge in [0.25, 0.3) is 17.5 Å². The van der Waals surface area contributed by atoms with Crippen molar-refractivity contribution in [3.63, 3.8) is 0 Å². The minimum Gasteiger partial charge on any atom is -0.497 e. The maximum Gasteiger partial charge on any atom is 0.440 e. The van der Waals surface area contributed by atoms with Crippen LogP contribution < -0.4 is 15.4 Å². The van der Waals surface area contributed by atoms with Gasteiger partial charge in [0.05, 0.1) is 13.7 Å². The first-order valence-corrected chi connectivity index (χ1v) is 8.39. The zero-order valence-corrected chi connectivity index (χ0v) is 15.1. The molecule has 0 aromatic heterocycles. The number of nitrogens with one attached hydrogen (secondary N) is 2. The van der Waals surface area contributed by atoms with Crippen molar-refractivity contribution in [3.8, 4) is 5.75 Å². The number of hydrogen-bond donors (Lipinski definition) is 2. The number of alkyl halides is 3. The van der Waals surface area contributed by atoms with Crippen molar-refractivity contribution in [2.24, 2.45) is 0 Å². The number of benzene rings is 2. The summed E-state index contributed by atoms with van der Waals surface area (Å²) in [6.45, 7) is -0.377. The number of urea groups is 1. The molecule has 1 aliphatic rings. The number of nitrogens with zero attached hydrogens (tertiary/aromatic N) is 1. The van der Waals surface area contributed by atoms with Gasteiger partial charge >= 0.3 is 12.2 Å². The van der Waals surface area contributed by atoms with Gasteiger partial charge in [-0.1, -0.05) is 36.4 Å². The fourth-order valence-electron chi connectivity index (χ4n) is 2.84. The lowest BCUT2D eigenvalue weighted by atomic mass is 10.1. The molecule has 1 fully saturated rings. The largest absolute Gasteiger partial charge is 0.497 e. The highest BCUT2D eigenvalue weighted by Crippen LogP contribution is 2.34. The third-order valence-corrected chi connectivity index (χ3v) is 4.35. The standard InChI is InChI=1S/C19H16F3N3O4/c1-29-14-9-5-8-13(10-14)15(26)23-18(19(20,21)22)16(27)25(17(28)24-18)11-12-6-3-2-4-7-12/h2-10H,11H2,1H3,(H,23,26)(H,24,28)/t18-/m1/s1. The van der Waals surface area contributed by atoms with Crippen LogP contribution in [-0.2, 0) is 11.3 Å². The van der Waals surface area contributed by atoms with Crippen molar-refractivity contribution in [2.45, 2.75) is 18.4 Å². The summed E-state index contributed by atoms with van der Waals surface area (Å²) in [5.74, 6) is -2.57. The zero-order valence-electron chi connectivity index (χ0n) is 15.1. The van der Waals surface area contributed by atoms with Gasteiger partial charge in [0.2, 0.25) is 0 Å². The number of amides is 4. The van der Waals surface area contributed by atoms with Gasteiger partial charge < -0.3 is 10.1 Å². The van der Waals surface area contributed by atoms with Crippen LogP contribution in [0.15, 0.2) is 54.6 Å². The highest BCUT2D eigenvalue weighted by Gasteiger charge is 2.68. The summed E-state index contributed by atoms with van der Waals surface area (Å²) < 4.78 is 46.6. The number of carbonyl (C=O) groups is 3. The molecular weight excluding hydrogens is 391 g/mol. The predicted molar refractivity (Wildman–Crippen MR) is 94.8 cm³/mol. The zero-order chi connectivity index (χ0) is 21.2. The number of carbonyl (C=O) groups excluding carboxylic acids is 3. The molecule has 0 bridgehead atoms. The molecule has 2 aromatic rings. The topological polar surface area (TPSA) is 87.7 Å². The van der Waals surface area contributed by atoms with Crippen molar-refractivity contribution in [2.75, 3.05) is 7.11 Å². The minimum absolute atomic E-state index is 0.170. The summed E-state index contributed by atoms with van der Waals surface area (Å²) in [6.07, 6.45) is -5.28. The van der Waals surface area contributed by atoms with Gasteiger partial charge in [-0.25, -0.2) is 4.79 Å². The number of ether oxygens (including phenoxy) is 1. The molecule has 29 heavy (non-hydrogen) atoms. The molecule has 7 nitrogen and oxygen atoms in total. The molecular formula is C19H16F3N3O4. The molecule has 0 unspecified atom stereocenters. The summed E-state index contributed by atoms with van der Waals surface area (Å²) in [5.41, 5.74) is -3.29. The van der Waals surface area contributed by atoms with E-state index in [1.54, 1.807) is 41.0 Å². The highest BCUT2D eigenvalue weighted by molar-refractivity contribution is 6.10. The summed E-state index contributed by atoms with van der Waals surface area (Å²) in [5, 5.41) is 3.26. The summed E-state index contributed by atoms with van der Waals surface area (Å²) >= 11 is 0. The number of halogens is 3. The van der Waals surface area contributed by atoms with E-state index in [9.17, 15) is 27.6 Å². The molecule has 2 aromatic carbocycles. The molecule has 0 aliphatic carbocycles. The third-order valence-electron chi connectivity index (χ3n) is 4.35. The van der Waals surface area contributed by atoms with Gasteiger partial charge in [0.1, 0.15) is 5.75 Å². The van der Waals surface area contributed by atoms with E-state index in [4.69, 9.17) is 4.74 Å². The molecule has 1 atom stereocenters. The maximum atomic E-state index is 13.9. The molecule has 10 heteroatoms. The van der Waals surface area contributed by atoms with E-state index < -0.39 is 29.7 Å². The molecule has 0 radical (unpaired) electrons. The van der Waals surface area contributed by atoms with Crippen molar-refractivity contribution in [1.82, 2.24) is 15.5 Å². The minimum atomic E-state index is -5.28. The van der Waals surface area contributed by atoms with Crippen LogP contribution >= 0.6 is 0 Å². The van der Waals surface area contributed by atoms with Crippen LogP contribution in [0.2, 0.25) is 0 Å². The van der Waals surface area contributed by atoms with Crippen LogP contribution in [0.3, 0.4) is 0 Å². The number of methoxy groups -OCH3 is 1. The average Bonchev–Trinajstić information content (AvgIpc) is 2.93. The Kier molecular flexibility index (Phi) is 5.19. The average molecular weight is 407 g/mol. The Morgan fingerprint density at radius 1 is 1.14 bits per heavy atom. The van der Waals surface area contributed by atoms with E-state index in [0.29, 0.717) is 10.5 Å². The smallest absolute Gasteiger partial charge is 0.440 e. The Morgan fingerprint density at radius 2 is 1.83 bits per heavy atom. The van der Waals surface area contributed by atoms with Gasteiger partial charge in [-0.2, -0.15) is 13.2 Å². The lowest BCUT2D eigenvalue weighted by Gasteiger charge is -2.30. The van der Waals surface area contributed by atoms with Crippen LogP contribution in [-0.4, -0.2) is 41.7 Å². The van der Waals surface area contributed by atoms with E-state index >= 15 is 0 Å². The Balaban J connectivity index is 1.92. The van der Waals surface area contributed by atoms with E-state index in [-0.39, 0.29) is 17.9 Å². The van der Waals surface area contributed by atoms with Crippen molar-refractivity contribution >= 4 is 17.8 Å². The van der Waals surface area contributed by atoms with Gasteiger partial charge in [-0.15, -0.1) is 0 Å². The normalized spacial score (nSPS) is 19.1. The monoisotopic (exact) mass is 407 g/mol. The van der Waals surface area contributed by atoms with Crippen molar-refractivity contribution in [3.05, 3.63) is 65.7 Å². The second-order valence-corrected chi connectivity index (χ2v) is 6.24. The summed E-state index contributed by atoms with van der Waals surface area (Å²) in [7, 11) is 1.33. The fourth-order valence-corrected chi connectivity index (χ4v) is 2.84. The van der Waals surface area contributed by atoms with Crippen LogP contribution in [0.1, 0.15) is 15.9 Å². The lowest BCUT2D eigenvalue weighted by Crippen LogP contribution is -2.69. The molecule has 1 aliphatic heterocycles. The molecule has 152 valence electrons. The molecule has 4 amide bonds. The number of imide groups is 1. The van der Waals surface area contributed by atoms with Crippen molar-refractivity contribution < 1.29 is 32.3 Å². The maximum absolute atomic E-state index is 13.9. The summed E-state index contributed by atoms with van der Waals surface area (Å²) in [6, 6.07) is 12.2. The number of hydrogen-bond acceptors (Lipinski definition) is 4. The SMILES string of the molecule is COc1cccc(C(=O)N[C@@]2(C(F)(F)F)NC(=O)N(Cc3ccccc3)C2=O)c1. The van der Waals surface area contributed by atoms with E-state index in [1.165, 1.54) is 31.4 Å². The summed E-state index contributed by atoms with van der Waals surface area (Å²) in [4.78, 5) is 37.7. The quantitative estimate of drug-likeness (QED) is 0.746. The first kappa shape index (κ1) is 20.2. The van der Waals surface area contributed by atoms with Crippen LogP contribution in [0, 0.1) is 0 Å². The van der Waals surface area contributed by atoms with Gasteiger partial charge in [-0.05, 0) is 23.8 Å². The van der Waals surface area contributed by atoms with Crippen LogP contribution in [0.25, 0.3) is 0 Å². The fraction of sp³-hybridized carbons (Fsp3) is 0.211. The van der Waals surface area contributed by atoms with Gasteiger partial charge in [0, 0.05) is 5.56 Å². The van der Waals surface area contributed by atoms with E-state index in [0.717, 1.165) is 0 Å². The second kappa shape index (κ2) is 7.46. The Bertz CT molecular complexity index is 949. The molecule has 0 spiro atoms. The number of rotatable bonds is 5. The van der Waals surface area contributed by atoms with E-state index in [1.807, 2.05) is 0 Å². The van der Waals surface area contributed by atoms with Crippen molar-refractivity contribution in [1.29, 1.82) is 0 Å².